The molecule has 0 spiro atoms. The molecule has 0 N–H and O–H groups in total. The van der Waals surface area contributed by atoms with Crippen molar-refractivity contribution in [2.24, 2.45) is 0 Å². The minimum atomic E-state index is -0.198. The van der Waals surface area contributed by atoms with Crippen LogP contribution in [0.3, 0.4) is 0 Å². The van der Waals surface area contributed by atoms with Crippen LogP contribution in [0.1, 0.15) is 45.6 Å². The number of hydrogen-bond donors (Lipinski definition) is 0. The number of nitrogens with zero attached hydrogens (tertiary/aromatic N) is 4. The predicted molar refractivity (Wildman–Crippen MR) is 123 cm³/mol. The molecule has 1 aromatic heterocycles. The van der Waals surface area contributed by atoms with Crippen molar-refractivity contribution in [2.45, 2.75) is 25.4 Å². The molecule has 6 heteroatoms. The standard InChI is InChI=1S/C26H24N4O2/c1-18-8-10-21(11-9-18)25(31)29-23(20-12-14-22(32-2)15-13-20)16-24(19-6-4-3-5-7-19)30-26(29)27-17-28-30/h3-15,17,23-24H,16H2,1-2H3/t23-,24+/m0/s1. The normalized spacial score (nSPS) is 17.6. The summed E-state index contributed by atoms with van der Waals surface area (Å²) in [6, 6.07) is 25.6. The Morgan fingerprint density at radius 2 is 1.59 bits per heavy atom. The van der Waals surface area contributed by atoms with Crippen LogP contribution in [0.5, 0.6) is 5.75 Å². The predicted octanol–water partition coefficient (Wildman–Crippen LogP) is 4.98. The fraction of sp³-hybridized carbons (Fsp3) is 0.192. The third kappa shape index (κ3) is 3.54. The van der Waals surface area contributed by atoms with Crippen LogP contribution in [0.25, 0.3) is 0 Å². The van der Waals surface area contributed by atoms with E-state index in [4.69, 9.17) is 4.74 Å². The third-order valence-electron chi connectivity index (χ3n) is 6.03. The number of methoxy groups -OCH3 is 1. The number of aromatic nitrogens is 3. The third-order valence-corrected chi connectivity index (χ3v) is 6.03. The Morgan fingerprint density at radius 1 is 0.906 bits per heavy atom. The topological polar surface area (TPSA) is 60.2 Å². The van der Waals surface area contributed by atoms with Gasteiger partial charge in [-0.05, 0) is 48.7 Å². The molecule has 4 aromatic rings. The Hall–Kier alpha value is -3.93. The molecule has 1 amide bonds. The van der Waals surface area contributed by atoms with E-state index in [-0.39, 0.29) is 18.0 Å². The Morgan fingerprint density at radius 3 is 2.28 bits per heavy atom. The van der Waals surface area contributed by atoms with Gasteiger partial charge in [-0.15, -0.1) is 0 Å². The zero-order valence-electron chi connectivity index (χ0n) is 18.1. The van der Waals surface area contributed by atoms with E-state index >= 15 is 0 Å². The van der Waals surface area contributed by atoms with E-state index in [9.17, 15) is 4.79 Å². The largest absolute Gasteiger partial charge is 0.497 e. The summed E-state index contributed by atoms with van der Waals surface area (Å²) >= 11 is 0. The first-order valence-electron chi connectivity index (χ1n) is 10.6. The van der Waals surface area contributed by atoms with Gasteiger partial charge in [0.25, 0.3) is 5.91 Å². The fourth-order valence-electron chi connectivity index (χ4n) is 4.32. The first-order chi connectivity index (χ1) is 15.7. The summed E-state index contributed by atoms with van der Waals surface area (Å²) < 4.78 is 7.20. The van der Waals surface area contributed by atoms with Crippen LogP contribution in [0.2, 0.25) is 0 Å². The molecule has 0 aliphatic carbocycles. The van der Waals surface area contributed by atoms with Gasteiger partial charge in [-0.3, -0.25) is 9.69 Å². The van der Waals surface area contributed by atoms with Crippen LogP contribution in [-0.2, 0) is 0 Å². The highest BCUT2D eigenvalue weighted by Crippen LogP contribution is 2.42. The van der Waals surface area contributed by atoms with E-state index in [1.807, 2.05) is 78.3 Å². The summed E-state index contributed by atoms with van der Waals surface area (Å²) in [5.41, 5.74) is 3.91. The fourth-order valence-corrected chi connectivity index (χ4v) is 4.32. The van der Waals surface area contributed by atoms with Gasteiger partial charge in [0, 0.05) is 5.56 Å². The van der Waals surface area contributed by atoms with Crippen molar-refractivity contribution in [1.29, 1.82) is 0 Å². The van der Waals surface area contributed by atoms with Crippen molar-refractivity contribution in [3.05, 3.63) is 107 Å². The van der Waals surface area contributed by atoms with Gasteiger partial charge in [-0.2, -0.15) is 10.1 Å². The molecular weight excluding hydrogens is 400 g/mol. The van der Waals surface area contributed by atoms with Crippen LogP contribution >= 0.6 is 0 Å². The molecule has 0 bridgehead atoms. The lowest BCUT2D eigenvalue weighted by Crippen LogP contribution is -2.42. The molecular formula is C26H24N4O2. The number of benzene rings is 3. The van der Waals surface area contributed by atoms with Crippen molar-refractivity contribution in [2.75, 3.05) is 12.0 Å². The van der Waals surface area contributed by atoms with E-state index < -0.39 is 0 Å². The Kier molecular flexibility index (Phi) is 5.19. The van der Waals surface area contributed by atoms with Crippen LogP contribution in [0, 0.1) is 6.92 Å². The van der Waals surface area contributed by atoms with Crippen molar-refractivity contribution in [1.82, 2.24) is 14.8 Å². The minimum Gasteiger partial charge on any atom is -0.497 e. The molecule has 0 unspecified atom stereocenters. The summed E-state index contributed by atoms with van der Waals surface area (Å²) in [6.45, 7) is 2.01. The molecule has 0 radical (unpaired) electrons. The van der Waals surface area contributed by atoms with Crippen LogP contribution in [0.4, 0.5) is 5.95 Å². The van der Waals surface area contributed by atoms with E-state index in [2.05, 4.69) is 22.2 Å². The highest BCUT2D eigenvalue weighted by atomic mass is 16.5. The molecule has 0 fully saturated rings. The Bertz CT molecular complexity index is 1220. The number of amides is 1. The molecule has 0 saturated carbocycles. The number of carbonyl (C=O) groups excluding carboxylic acids is 1. The van der Waals surface area contributed by atoms with E-state index in [0.717, 1.165) is 22.4 Å². The second-order valence-corrected chi connectivity index (χ2v) is 8.00. The molecule has 2 atom stereocenters. The maximum absolute atomic E-state index is 13.7. The van der Waals surface area contributed by atoms with Crippen LogP contribution in [-0.4, -0.2) is 27.8 Å². The van der Waals surface area contributed by atoms with Crippen LogP contribution < -0.4 is 9.64 Å². The van der Waals surface area contributed by atoms with Gasteiger partial charge in [0.1, 0.15) is 12.1 Å². The molecule has 5 rings (SSSR count). The zero-order chi connectivity index (χ0) is 22.1. The van der Waals surface area contributed by atoms with Gasteiger partial charge in [-0.1, -0.05) is 60.2 Å². The van der Waals surface area contributed by atoms with Crippen LogP contribution in [0.15, 0.2) is 85.2 Å². The van der Waals surface area contributed by atoms with Crippen molar-refractivity contribution >= 4 is 11.9 Å². The minimum absolute atomic E-state index is 0.0251. The highest BCUT2D eigenvalue weighted by molar-refractivity contribution is 6.05. The van der Waals surface area contributed by atoms with Gasteiger partial charge in [-0.25, -0.2) is 4.68 Å². The second kappa shape index (κ2) is 8.30. The Balaban J connectivity index is 1.63. The first kappa shape index (κ1) is 20.0. The zero-order valence-corrected chi connectivity index (χ0v) is 18.1. The lowest BCUT2D eigenvalue weighted by Gasteiger charge is -2.39. The molecule has 2 heterocycles. The van der Waals surface area contributed by atoms with Crippen molar-refractivity contribution in [3.63, 3.8) is 0 Å². The number of carbonyl (C=O) groups is 1. The van der Waals surface area contributed by atoms with Gasteiger partial charge < -0.3 is 4.74 Å². The molecule has 1 aliphatic rings. The summed E-state index contributed by atoms with van der Waals surface area (Å²) in [4.78, 5) is 20.0. The molecule has 3 aromatic carbocycles. The molecule has 160 valence electrons. The quantitative estimate of drug-likeness (QED) is 0.464. The number of rotatable bonds is 4. The monoisotopic (exact) mass is 424 g/mol. The molecule has 6 nitrogen and oxygen atoms in total. The smallest absolute Gasteiger partial charge is 0.261 e. The molecule has 0 saturated heterocycles. The summed E-state index contributed by atoms with van der Waals surface area (Å²) in [5.74, 6) is 1.24. The lowest BCUT2D eigenvalue weighted by molar-refractivity contribution is 0.0963. The maximum atomic E-state index is 13.7. The number of aryl methyl sites for hydroxylation is 1. The number of ether oxygens (including phenoxy) is 1. The van der Waals surface area contributed by atoms with Gasteiger partial charge >= 0.3 is 0 Å². The lowest BCUT2D eigenvalue weighted by atomic mass is 9.91. The summed E-state index contributed by atoms with van der Waals surface area (Å²) in [7, 11) is 1.65. The van der Waals surface area contributed by atoms with E-state index in [0.29, 0.717) is 17.9 Å². The average Bonchev–Trinajstić information content (AvgIpc) is 3.33. The molecule has 32 heavy (non-hydrogen) atoms. The van der Waals surface area contributed by atoms with Gasteiger partial charge in [0.05, 0.1) is 19.2 Å². The highest BCUT2D eigenvalue weighted by Gasteiger charge is 2.39. The second-order valence-electron chi connectivity index (χ2n) is 8.00. The maximum Gasteiger partial charge on any atom is 0.261 e. The van der Waals surface area contributed by atoms with E-state index in [1.165, 1.54) is 6.33 Å². The summed E-state index contributed by atoms with van der Waals surface area (Å²) in [5, 5.41) is 4.50. The number of hydrogen-bond acceptors (Lipinski definition) is 4. The molecule has 1 aliphatic heterocycles. The van der Waals surface area contributed by atoms with Gasteiger partial charge in [0.2, 0.25) is 5.95 Å². The van der Waals surface area contributed by atoms with Gasteiger partial charge in [0.15, 0.2) is 0 Å². The Labute approximate surface area is 187 Å². The van der Waals surface area contributed by atoms with E-state index in [1.54, 1.807) is 12.0 Å². The number of fused-ring (bicyclic) bond motifs is 1. The number of anilines is 1. The first-order valence-corrected chi connectivity index (χ1v) is 10.6. The average molecular weight is 425 g/mol. The summed E-state index contributed by atoms with van der Waals surface area (Å²) in [6.07, 6.45) is 2.21. The SMILES string of the molecule is COc1ccc([C@@H]2C[C@H](c3ccccc3)n3ncnc3N2C(=O)c2ccc(C)cc2)cc1. The van der Waals surface area contributed by atoms with Crippen molar-refractivity contribution in [3.8, 4) is 5.75 Å². The van der Waals surface area contributed by atoms with Crippen molar-refractivity contribution < 1.29 is 9.53 Å².